The number of nitrogens with zero attached hydrogens (tertiary/aromatic N) is 2. The minimum absolute atomic E-state index is 0.0977. The molecule has 1 aliphatic carbocycles. The van der Waals surface area contributed by atoms with E-state index in [0.29, 0.717) is 0 Å². The molecule has 0 unspecified atom stereocenters. The fourth-order valence-electron chi connectivity index (χ4n) is 10.6. The maximum absolute atomic E-state index is 2.54. The van der Waals surface area contributed by atoms with Crippen LogP contribution in [0.1, 0.15) is 74.9 Å². The van der Waals surface area contributed by atoms with Gasteiger partial charge in [0.1, 0.15) is 0 Å². The van der Waals surface area contributed by atoms with E-state index in [1.165, 1.54) is 83.8 Å². The topological polar surface area (TPSA) is 6.48 Å². The van der Waals surface area contributed by atoms with Crippen LogP contribution in [0, 0.1) is 0 Å². The quantitative estimate of drug-likeness (QED) is 0.172. The van der Waals surface area contributed by atoms with Gasteiger partial charge in [0, 0.05) is 33.3 Å². The second-order valence-corrected chi connectivity index (χ2v) is 18.2. The van der Waals surface area contributed by atoms with E-state index in [9.17, 15) is 0 Å². The molecule has 0 spiro atoms. The minimum atomic E-state index is -0.181. The molecule has 0 aromatic heterocycles. The number of para-hydroxylation sites is 2. The summed E-state index contributed by atoms with van der Waals surface area (Å²) in [4.78, 5) is 4.96. The molecular formula is C57H48N2. The Balaban J connectivity index is 1.05. The van der Waals surface area contributed by atoms with Crippen LogP contribution in [0.25, 0.3) is 33.4 Å². The van der Waals surface area contributed by atoms with E-state index in [2.05, 4.69) is 233 Å². The maximum Gasteiger partial charge on any atom is 0.0544 e. The van der Waals surface area contributed by atoms with Gasteiger partial charge in [-0.2, -0.15) is 0 Å². The normalized spacial score (nSPS) is 15.7. The van der Waals surface area contributed by atoms with E-state index in [1.807, 2.05) is 0 Å². The van der Waals surface area contributed by atoms with E-state index in [0.717, 1.165) is 17.1 Å². The molecule has 0 saturated carbocycles. The first-order valence-electron chi connectivity index (χ1n) is 21.0. The SMILES string of the molecule is CC1(C)c2ccccc2-c2ccc(N(c3ccc(-c4ccccc4)cc3)c3ccc(-c4cc5c6c(c4)C(C)(C)c4ccccc4N6c4ccccc4C5(C)C)cc3)cc21. The summed E-state index contributed by atoms with van der Waals surface area (Å²) in [6.45, 7) is 14.3. The molecule has 0 saturated heterocycles. The van der Waals surface area contributed by atoms with E-state index in [1.54, 1.807) is 0 Å². The zero-order valence-corrected chi connectivity index (χ0v) is 34.7. The standard InChI is InChI=1S/C57H48N2/c1-55(2)46-19-11-10-18-44(46)45-33-32-43(36-49(45)55)58(41-28-24-38(25-29-41)37-16-8-7-9-17-37)42-30-26-39(27-31-42)40-34-50-54-51(35-40)57(5,6)48-21-13-15-23-53(48)59(54)52-22-14-12-20-47(52)56(50,3)4/h7-36H,1-6H3. The van der Waals surface area contributed by atoms with E-state index in [-0.39, 0.29) is 16.2 Å². The summed E-state index contributed by atoms with van der Waals surface area (Å²) in [6.07, 6.45) is 0. The number of anilines is 6. The monoisotopic (exact) mass is 760 g/mol. The average Bonchev–Trinajstić information content (AvgIpc) is 3.49. The van der Waals surface area contributed by atoms with Gasteiger partial charge < -0.3 is 9.80 Å². The van der Waals surface area contributed by atoms with Crippen molar-refractivity contribution in [3.05, 3.63) is 215 Å². The molecule has 59 heavy (non-hydrogen) atoms. The fraction of sp³-hybridized carbons (Fsp3) is 0.158. The third-order valence-corrected chi connectivity index (χ3v) is 13.8. The van der Waals surface area contributed by atoms with Gasteiger partial charge >= 0.3 is 0 Å². The fourth-order valence-corrected chi connectivity index (χ4v) is 10.6. The maximum atomic E-state index is 2.54. The van der Waals surface area contributed by atoms with Gasteiger partial charge in [0.25, 0.3) is 0 Å². The molecule has 2 heteroatoms. The van der Waals surface area contributed by atoms with Crippen molar-refractivity contribution in [1.29, 1.82) is 0 Å². The Bertz CT molecular complexity index is 2870. The van der Waals surface area contributed by atoms with Crippen LogP contribution in [0.2, 0.25) is 0 Å². The lowest BCUT2D eigenvalue weighted by Gasteiger charge is -2.49. The number of fused-ring (bicyclic) bond motifs is 7. The summed E-state index contributed by atoms with van der Waals surface area (Å²) in [5, 5.41) is 0. The number of hydrogen-bond acceptors (Lipinski definition) is 2. The number of rotatable bonds is 5. The molecule has 286 valence electrons. The first kappa shape index (κ1) is 35.5. The Kier molecular flexibility index (Phi) is 7.63. The van der Waals surface area contributed by atoms with Crippen LogP contribution in [0.4, 0.5) is 34.1 Å². The number of benzene rings is 8. The molecule has 3 aliphatic rings. The lowest BCUT2D eigenvalue weighted by molar-refractivity contribution is 0.598. The van der Waals surface area contributed by atoms with Gasteiger partial charge in [0.15, 0.2) is 0 Å². The second kappa shape index (κ2) is 12.7. The van der Waals surface area contributed by atoms with Crippen molar-refractivity contribution in [2.75, 3.05) is 9.80 Å². The Hall–Kier alpha value is -6.64. The molecule has 0 N–H and O–H groups in total. The smallest absolute Gasteiger partial charge is 0.0544 e. The van der Waals surface area contributed by atoms with Crippen LogP contribution >= 0.6 is 0 Å². The van der Waals surface area contributed by atoms with Crippen molar-refractivity contribution in [2.24, 2.45) is 0 Å². The highest BCUT2D eigenvalue weighted by Crippen LogP contribution is 2.61. The van der Waals surface area contributed by atoms with Crippen LogP contribution in [0.15, 0.2) is 182 Å². The van der Waals surface area contributed by atoms with Crippen molar-refractivity contribution in [1.82, 2.24) is 0 Å². The van der Waals surface area contributed by atoms with Crippen molar-refractivity contribution in [2.45, 2.75) is 57.8 Å². The predicted molar refractivity (Wildman–Crippen MR) is 248 cm³/mol. The van der Waals surface area contributed by atoms with Gasteiger partial charge in [-0.05, 0) is 127 Å². The second-order valence-electron chi connectivity index (χ2n) is 18.2. The summed E-state index contributed by atoms with van der Waals surface area (Å²) >= 11 is 0. The molecule has 0 amide bonds. The summed E-state index contributed by atoms with van der Waals surface area (Å²) in [5.41, 5.74) is 22.6. The molecule has 11 rings (SSSR count). The van der Waals surface area contributed by atoms with Crippen LogP contribution in [0.5, 0.6) is 0 Å². The summed E-state index contributed by atoms with van der Waals surface area (Å²) in [5.74, 6) is 0. The Morgan fingerprint density at radius 1 is 0.322 bits per heavy atom. The van der Waals surface area contributed by atoms with Crippen LogP contribution in [0.3, 0.4) is 0 Å². The van der Waals surface area contributed by atoms with Gasteiger partial charge in [-0.15, -0.1) is 0 Å². The zero-order chi connectivity index (χ0) is 40.3. The van der Waals surface area contributed by atoms with Crippen molar-refractivity contribution >= 4 is 34.1 Å². The molecule has 0 fully saturated rings. The van der Waals surface area contributed by atoms with Crippen molar-refractivity contribution < 1.29 is 0 Å². The first-order valence-corrected chi connectivity index (χ1v) is 21.0. The van der Waals surface area contributed by atoms with Crippen molar-refractivity contribution in [3.8, 4) is 33.4 Å². The molecule has 8 aromatic carbocycles. The van der Waals surface area contributed by atoms with Gasteiger partial charge in [-0.3, -0.25) is 0 Å². The molecular weight excluding hydrogens is 713 g/mol. The zero-order valence-electron chi connectivity index (χ0n) is 34.7. The average molecular weight is 761 g/mol. The van der Waals surface area contributed by atoms with Crippen LogP contribution < -0.4 is 9.80 Å². The van der Waals surface area contributed by atoms with Gasteiger partial charge in [-0.25, -0.2) is 0 Å². The molecule has 0 radical (unpaired) electrons. The lowest BCUT2D eigenvalue weighted by atomic mass is 9.65. The Morgan fingerprint density at radius 2 is 0.746 bits per heavy atom. The van der Waals surface area contributed by atoms with Gasteiger partial charge in [-0.1, -0.05) is 163 Å². The highest BCUT2D eigenvalue weighted by Gasteiger charge is 2.45. The summed E-state index contributed by atoms with van der Waals surface area (Å²) in [6, 6.07) is 67.8. The summed E-state index contributed by atoms with van der Waals surface area (Å²) in [7, 11) is 0. The van der Waals surface area contributed by atoms with Gasteiger partial charge in [0.2, 0.25) is 0 Å². The highest BCUT2D eigenvalue weighted by molar-refractivity contribution is 5.94. The third kappa shape index (κ3) is 5.18. The largest absolute Gasteiger partial charge is 0.310 e. The molecule has 2 aliphatic heterocycles. The molecule has 0 atom stereocenters. The van der Waals surface area contributed by atoms with Crippen LogP contribution in [-0.2, 0) is 16.2 Å². The van der Waals surface area contributed by atoms with E-state index >= 15 is 0 Å². The van der Waals surface area contributed by atoms with Gasteiger partial charge in [0.05, 0.1) is 17.1 Å². The summed E-state index contributed by atoms with van der Waals surface area (Å²) < 4.78 is 0. The molecule has 8 aromatic rings. The first-order chi connectivity index (χ1) is 28.5. The van der Waals surface area contributed by atoms with E-state index < -0.39 is 0 Å². The third-order valence-electron chi connectivity index (χ3n) is 13.8. The highest BCUT2D eigenvalue weighted by atomic mass is 15.2. The Labute approximate surface area is 349 Å². The minimum Gasteiger partial charge on any atom is -0.310 e. The molecule has 2 heterocycles. The number of hydrogen-bond donors (Lipinski definition) is 0. The lowest BCUT2D eigenvalue weighted by Crippen LogP contribution is -2.38. The predicted octanol–water partition coefficient (Wildman–Crippen LogP) is 15.5. The Morgan fingerprint density at radius 3 is 1.32 bits per heavy atom. The van der Waals surface area contributed by atoms with Crippen molar-refractivity contribution in [3.63, 3.8) is 0 Å². The van der Waals surface area contributed by atoms with E-state index in [4.69, 9.17) is 0 Å². The van der Waals surface area contributed by atoms with Crippen LogP contribution in [-0.4, -0.2) is 0 Å². The molecule has 0 bridgehead atoms. The molecule has 2 nitrogen and oxygen atoms in total.